The van der Waals surface area contributed by atoms with Gasteiger partial charge in [0, 0.05) is 49.2 Å². The molecule has 2 fully saturated rings. The van der Waals surface area contributed by atoms with Gasteiger partial charge in [-0.3, -0.25) is 9.69 Å². The van der Waals surface area contributed by atoms with Crippen LogP contribution in [0.25, 0.3) is 10.9 Å². The van der Waals surface area contributed by atoms with Gasteiger partial charge in [0.05, 0.1) is 45.0 Å². The van der Waals surface area contributed by atoms with Crippen LogP contribution in [0, 0.1) is 0 Å². The van der Waals surface area contributed by atoms with E-state index in [2.05, 4.69) is 40.6 Å². The Hall–Kier alpha value is -2.13. The molecule has 3 aliphatic heterocycles. The summed E-state index contributed by atoms with van der Waals surface area (Å²) in [5, 5.41) is 11.8. The minimum Gasteiger partial charge on any atom is -0.497 e. The number of carbonyl (C=O) groups is 1. The molecule has 1 aromatic heterocycles. The minimum atomic E-state index is -0.345. The van der Waals surface area contributed by atoms with Crippen molar-refractivity contribution in [3.63, 3.8) is 0 Å². The summed E-state index contributed by atoms with van der Waals surface area (Å²) in [6, 6.07) is 5.91. The molecule has 1 atom stereocenters. The second kappa shape index (κ2) is 8.91. The molecule has 8 nitrogen and oxygen atoms in total. The summed E-state index contributed by atoms with van der Waals surface area (Å²) in [6.07, 6.45) is 2.00. The van der Waals surface area contributed by atoms with Crippen LogP contribution in [0.4, 0.5) is 0 Å². The van der Waals surface area contributed by atoms with E-state index in [0.717, 1.165) is 56.0 Å². The highest BCUT2D eigenvalue weighted by atomic mass is 16.5. The number of aliphatic hydroxyl groups is 1. The molecule has 1 spiro atoms. The molecule has 33 heavy (non-hydrogen) atoms. The third kappa shape index (κ3) is 3.83. The molecule has 0 unspecified atom stereocenters. The molecule has 4 heterocycles. The predicted molar refractivity (Wildman–Crippen MR) is 127 cm³/mol. The second-order valence-corrected chi connectivity index (χ2v) is 9.89. The van der Waals surface area contributed by atoms with E-state index >= 15 is 0 Å². The second-order valence-electron chi connectivity index (χ2n) is 9.89. The number of piperidine rings is 1. The maximum absolute atomic E-state index is 13.7. The molecule has 1 N–H and O–H groups in total. The number of carbonyl (C=O) groups excluding carboxylic acids is 1. The Bertz CT molecular complexity index is 1020. The lowest BCUT2D eigenvalue weighted by Gasteiger charge is -2.50. The summed E-state index contributed by atoms with van der Waals surface area (Å²) in [5.74, 6) is 0.918. The van der Waals surface area contributed by atoms with Gasteiger partial charge in [0.15, 0.2) is 0 Å². The van der Waals surface area contributed by atoms with Crippen molar-refractivity contribution in [2.24, 2.45) is 7.05 Å². The molecule has 2 aromatic rings. The first-order valence-electron chi connectivity index (χ1n) is 12.0. The number of aliphatic hydroxyl groups excluding tert-OH is 1. The highest BCUT2D eigenvalue weighted by Gasteiger charge is 2.49. The van der Waals surface area contributed by atoms with Crippen LogP contribution in [0.15, 0.2) is 18.2 Å². The number of hydrogen-bond donors (Lipinski definition) is 1. The fourth-order valence-corrected chi connectivity index (χ4v) is 6.12. The molecule has 1 aromatic carbocycles. The lowest BCUT2D eigenvalue weighted by molar-refractivity contribution is -0.139. The number of ether oxygens (including phenoxy) is 2. The van der Waals surface area contributed by atoms with Crippen molar-refractivity contribution in [2.45, 2.75) is 24.3 Å². The SMILES string of the molecule is COc1ccc2c3c(n(C)c2c1)[C@H](CO)N(C(=O)CN1CCOCC1)CC31CCN(C)CC1. The number of likely N-dealkylation sites (tertiary alicyclic amines) is 1. The molecule has 5 rings (SSSR count). The van der Waals surface area contributed by atoms with Gasteiger partial charge in [0.1, 0.15) is 5.75 Å². The summed E-state index contributed by atoms with van der Waals surface area (Å²) in [5.41, 5.74) is 3.39. The first-order valence-corrected chi connectivity index (χ1v) is 12.0. The van der Waals surface area contributed by atoms with Gasteiger partial charge in [0.25, 0.3) is 0 Å². The lowest BCUT2D eigenvalue weighted by atomic mass is 9.68. The van der Waals surface area contributed by atoms with Crippen LogP contribution in [-0.2, 0) is 22.0 Å². The molecule has 0 aliphatic carbocycles. The third-order valence-corrected chi connectivity index (χ3v) is 8.05. The Morgan fingerprint density at radius 1 is 1.18 bits per heavy atom. The predicted octanol–water partition coefficient (Wildman–Crippen LogP) is 1.36. The van der Waals surface area contributed by atoms with Crippen LogP contribution < -0.4 is 4.74 Å². The highest BCUT2D eigenvalue weighted by Crippen LogP contribution is 2.50. The number of aryl methyl sites for hydroxylation is 1. The average Bonchev–Trinajstić information content (AvgIpc) is 3.14. The number of amides is 1. The molecule has 0 saturated carbocycles. The zero-order valence-electron chi connectivity index (χ0n) is 20.0. The molecule has 180 valence electrons. The summed E-state index contributed by atoms with van der Waals surface area (Å²) in [7, 11) is 5.91. The van der Waals surface area contributed by atoms with E-state index in [1.54, 1.807) is 7.11 Å². The van der Waals surface area contributed by atoms with Crippen molar-refractivity contribution in [2.75, 3.05) is 73.2 Å². The van der Waals surface area contributed by atoms with Gasteiger partial charge in [-0.05, 0) is 50.7 Å². The lowest BCUT2D eigenvalue weighted by Crippen LogP contribution is -2.57. The Morgan fingerprint density at radius 2 is 1.91 bits per heavy atom. The molecular weight excluding hydrogens is 420 g/mol. The van der Waals surface area contributed by atoms with E-state index in [9.17, 15) is 9.90 Å². The average molecular weight is 457 g/mol. The van der Waals surface area contributed by atoms with E-state index < -0.39 is 0 Å². The van der Waals surface area contributed by atoms with Crippen molar-refractivity contribution in [3.8, 4) is 5.75 Å². The number of nitrogens with zero attached hydrogens (tertiary/aromatic N) is 4. The van der Waals surface area contributed by atoms with Crippen LogP contribution in [0.5, 0.6) is 5.75 Å². The number of fused-ring (bicyclic) bond motifs is 4. The Morgan fingerprint density at radius 3 is 2.58 bits per heavy atom. The number of morpholine rings is 1. The number of methoxy groups -OCH3 is 1. The van der Waals surface area contributed by atoms with Gasteiger partial charge in [-0.25, -0.2) is 0 Å². The molecule has 2 saturated heterocycles. The van der Waals surface area contributed by atoms with Gasteiger partial charge in [-0.1, -0.05) is 0 Å². The maximum atomic E-state index is 13.7. The van der Waals surface area contributed by atoms with Crippen molar-refractivity contribution in [1.82, 2.24) is 19.3 Å². The van der Waals surface area contributed by atoms with E-state index in [-0.39, 0.29) is 24.0 Å². The fraction of sp³-hybridized carbons (Fsp3) is 0.640. The van der Waals surface area contributed by atoms with Gasteiger partial charge in [-0.15, -0.1) is 0 Å². The van der Waals surface area contributed by atoms with Crippen LogP contribution in [0.3, 0.4) is 0 Å². The van der Waals surface area contributed by atoms with Crippen molar-refractivity contribution in [3.05, 3.63) is 29.5 Å². The van der Waals surface area contributed by atoms with Crippen LogP contribution >= 0.6 is 0 Å². The highest BCUT2D eigenvalue weighted by molar-refractivity contribution is 5.90. The summed E-state index contributed by atoms with van der Waals surface area (Å²) in [6.45, 7) is 5.85. The molecule has 0 radical (unpaired) electrons. The summed E-state index contributed by atoms with van der Waals surface area (Å²) >= 11 is 0. The van der Waals surface area contributed by atoms with Crippen LogP contribution in [-0.4, -0.2) is 104 Å². The standard InChI is InChI=1S/C25H36N4O4/c1-26-8-6-25(7-9-26)17-29(22(31)15-28-10-12-33-13-11-28)21(16-30)24-23(25)19-5-4-18(32-3)14-20(19)27(24)2/h4-5,14,21,30H,6-13,15-17H2,1-3H3/t21-/m0/s1. The van der Waals surface area contributed by atoms with Gasteiger partial charge < -0.3 is 28.9 Å². The van der Waals surface area contributed by atoms with E-state index in [0.29, 0.717) is 26.3 Å². The number of aromatic nitrogens is 1. The monoisotopic (exact) mass is 456 g/mol. The Labute approximate surface area is 195 Å². The Kier molecular flexibility index (Phi) is 6.11. The molecule has 3 aliphatic rings. The minimum absolute atomic E-state index is 0.0842. The van der Waals surface area contributed by atoms with Crippen LogP contribution in [0.1, 0.15) is 30.1 Å². The number of benzene rings is 1. The number of rotatable bonds is 4. The van der Waals surface area contributed by atoms with Gasteiger partial charge >= 0.3 is 0 Å². The topological polar surface area (TPSA) is 70.4 Å². The zero-order valence-corrected chi connectivity index (χ0v) is 20.0. The van der Waals surface area contributed by atoms with E-state index in [4.69, 9.17) is 9.47 Å². The first kappa shape index (κ1) is 22.7. The van der Waals surface area contributed by atoms with E-state index in [1.807, 2.05) is 11.0 Å². The molecule has 1 amide bonds. The van der Waals surface area contributed by atoms with Crippen molar-refractivity contribution >= 4 is 16.8 Å². The van der Waals surface area contributed by atoms with Gasteiger partial charge in [0.2, 0.25) is 5.91 Å². The smallest absolute Gasteiger partial charge is 0.237 e. The Balaban J connectivity index is 1.61. The summed E-state index contributed by atoms with van der Waals surface area (Å²) in [4.78, 5) is 20.2. The normalized spacial score (nSPS) is 23.8. The largest absolute Gasteiger partial charge is 0.497 e. The molecular formula is C25H36N4O4. The van der Waals surface area contributed by atoms with Gasteiger partial charge in [-0.2, -0.15) is 0 Å². The van der Waals surface area contributed by atoms with Crippen LogP contribution in [0.2, 0.25) is 0 Å². The molecule has 8 heteroatoms. The third-order valence-electron chi connectivity index (χ3n) is 8.05. The maximum Gasteiger partial charge on any atom is 0.237 e. The quantitative estimate of drug-likeness (QED) is 0.749. The fourth-order valence-electron chi connectivity index (χ4n) is 6.12. The first-order chi connectivity index (χ1) is 16.0. The van der Waals surface area contributed by atoms with Crippen molar-refractivity contribution < 1.29 is 19.4 Å². The van der Waals surface area contributed by atoms with E-state index in [1.165, 1.54) is 10.9 Å². The van der Waals surface area contributed by atoms with Crippen molar-refractivity contribution in [1.29, 1.82) is 0 Å². The zero-order chi connectivity index (χ0) is 23.2. The molecule has 0 bridgehead atoms. The number of hydrogen-bond acceptors (Lipinski definition) is 6. The summed E-state index contributed by atoms with van der Waals surface area (Å²) < 4.78 is 13.1.